The molecule has 0 aromatic heterocycles. The van der Waals surface area contributed by atoms with Gasteiger partial charge in [0.2, 0.25) is 0 Å². The summed E-state index contributed by atoms with van der Waals surface area (Å²) in [5.41, 5.74) is 1.29. The highest BCUT2D eigenvalue weighted by molar-refractivity contribution is 5.97. The highest BCUT2D eigenvalue weighted by Crippen LogP contribution is 2.18. The first-order chi connectivity index (χ1) is 11.2. The molecule has 1 aliphatic carbocycles. The molecule has 0 saturated heterocycles. The molecule has 126 valence electrons. The maximum Gasteiger partial charge on any atom is 0.253 e. The van der Waals surface area contributed by atoms with Crippen LogP contribution in [0.1, 0.15) is 73.1 Å². The lowest BCUT2D eigenvalue weighted by Crippen LogP contribution is -2.33. The van der Waals surface area contributed by atoms with Crippen molar-refractivity contribution >= 4 is 11.8 Å². The fourth-order valence-corrected chi connectivity index (χ4v) is 3.14. The van der Waals surface area contributed by atoms with Crippen molar-refractivity contribution in [3.8, 4) is 0 Å². The number of carbonyl (C=O) groups excluding carboxylic acids is 2. The maximum absolute atomic E-state index is 12.5. The summed E-state index contributed by atoms with van der Waals surface area (Å²) in [6.45, 7) is 5.70. The average molecular weight is 316 g/mol. The Balaban J connectivity index is 1.99. The van der Waals surface area contributed by atoms with E-state index in [4.69, 9.17) is 0 Å². The van der Waals surface area contributed by atoms with Gasteiger partial charge in [-0.05, 0) is 49.9 Å². The first-order valence-electron chi connectivity index (χ1n) is 8.86. The Morgan fingerprint density at radius 2 is 1.52 bits per heavy atom. The summed E-state index contributed by atoms with van der Waals surface area (Å²) in [4.78, 5) is 26.6. The quantitative estimate of drug-likeness (QED) is 0.835. The minimum absolute atomic E-state index is 0.0325. The highest BCUT2D eigenvalue weighted by atomic mass is 16.2. The van der Waals surface area contributed by atoms with Gasteiger partial charge in [-0.3, -0.25) is 9.59 Å². The van der Waals surface area contributed by atoms with Crippen molar-refractivity contribution in [2.24, 2.45) is 0 Å². The summed E-state index contributed by atoms with van der Waals surface area (Å²) in [6, 6.07) is 7.36. The lowest BCUT2D eigenvalue weighted by molar-refractivity contribution is 0.0755. The molecule has 0 unspecified atom stereocenters. The van der Waals surface area contributed by atoms with Gasteiger partial charge in [-0.2, -0.15) is 0 Å². The van der Waals surface area contributed by atoms with E-state index in [9.17, 15) is 9.59 Å². The Labute approximate surface area is 139 Å². The third-order valence-electron chi connectivity index (χ3n) is 4.36. The smallest absolute Gasteiger partial charge is 0.253 e. The van der Waals surface area contributed by atoms with E-state index in [-0.39, 0.29) is 11.8 Å². The van der Waals surface area contributed by atoms with Crippen LogP contribution in [0.2, 0.25) is 0 Å². The second-order valence-electron chi connectivity index (χ2n) is 6.32. The van der Waals surface area contributed by atoms with Gasteiger partial charge in [-0.1, -0.05) is 26.7 Å². The molecule has 1 fully saturated rings. The number of benzene rings is 1. The van der Waals surface area contributed by atoms with Gasteiger partial charge in [0, 0.05) is 30.3 Å². The van der Waals surface area contributed by atoms with Crippen molar-refractivity contribution in [1.29, 1.82) is 0 Å². The van der Waals surface area contributed by atoms with Gasteiger partial charge in [0.05, 0.1) is 0 Å². The van der Waals surface area contributed by atoms with Crippen molar-refractivity contribution in [1.82, 2.24) is 10.2 Å². The molecule has 1 N–H and O–H groups in total. The van der Waals surface area contributed by atoms with Crippen LogP contribution in [0.25, 0.3) is 0 Å². The number of amides is 2. The van der Waals surface area contributed by atoms with Crippen LogP contribution >= 0.6 is 0 Å². The molecule has 0 spiro atoms. The number of hydrogen-bond acceptors (Lipinski definition) is 2. The average Bonchev–Trinajstić information content (AvgIpc) is 3.07. The minimum atomic E-state index is -0.0325. The zero-order valence-corrected chi connectivity index (χ0v) is 14.3. The molecule has 4 nitrogen and oxygen atoms in total. The molecular formula is C19H28N2O2. The first kappa shape index (κ1) is 17.5. The topological polar surface area (TPSA) is 49.4 Å². The van der Waals surface area contributed by atoms with Crippen molar-refractivity contribution in [2.45, 2.75) is 58.4 Å². The molecule has 2 rings (SSSR count). The summed E-state index contributed by atoms with van der Waals surface area (Å²) in [6.07, 6.45) is 6.45. The Bertz CT molecular complexity index is 513. The molecule has 1 aliphatic rings. The molecule has 0 aliphatic heterocycles. The molecular weight excluding hydrogens is 288 g/mol. The predicted molar refractivity (Wildman–Crippen MR) is 92.6 cm³/mol. The van der Waals surface area contributed by atoms with E-state index in [0.29, 0.717) is 17.2 Å². The minimum Gasteiger partial charge on any atom is -0.349 e. The first-order valence-corrected chi connectivity index (χ1v) is 8.86. The van der Waals surface area contributed by atoms with Gasteiger partial charge >= 0.3 is 0 Å². The van der Waals surface area contributed by atoms with Crippen LogP contribution in [0.5, 0.6) is 0 Å². The Kier molecular flexibility index (Phi) is 6.63. The fraction of sp³-hybridized carbons (Fsp3) is 0.579. The van der Waals surface area contributed by atoms with Crippen molar-refractivity contribution < 1.29 is 9.59 Å². The van der Waals surface area contributed by atoms with Gasteiger partial charge in [0.1, 0.15) is 0 Å². The van der Waals surface area contributed by atoms with E-state index in [0.717, 1.165) is 38.8 Å². The van der Waals surface area contributed by atoms with Crippen molar-refractivity contribution in [3.05, 3.63) is 35.4 Å². The predicted octanol–water partition coefficient (Wildman–Crippen LogP) is 3.62. The summed E-state index contributed by atoms with van der Waals surface area (Å²) < 4.78 is 0. The van der Waals surface area contributed by atoms with Crippen LogP contribution in [0, 0.1) is 0 Å². The normalized spacial score (nSPS) is 14.7. The van der Waals surface area contributed by atoms with E-state index in [1.807, 2.05) is 4.90 Å². The number of nitrogens with one attached hydrogen (secondary N) is 1. The van der Waals surface area contributed by atoms with Gasteiger partial charge < -0.3 is 10.2 Å². The number of hydrogen-bond donors (Lipinski definition) is 1. The molecule has 0 radical (unpaired) electrons. The van der Waals surface area contributed by atoms with E-state index >= 15 is 0 Å². The molecule has 4 heteroatoms. The Morgan fingerprint density at radius 1 is 1.00 bits per heavy atom. The Morgan fingerprint density at radius 3 is 2.04 bits per heavy atom. The fourth-order valence-electron chi connectivity index (χ4n) is 3.14. The summed E-state index contributed by atoms with van der Waals surface area (Å²) in [5.74, 6) is 0.0197. The zero-order chi connectivity index (χ0) is 16.7. The van der Waals surface area contributed by atoms with Gasteiger partial charge in [-0.15, -0.1) is 0 Å². The molecule has 0 atom stereocenters. The van der Waals surface area contributed by atoms with Crippen LogP contribution < -0.4 is 5.32 Å². The number of carbonyl (C=O) groups is 2. The third-order valence-corrected chi connectivity index (χ3v) is 4.36. The largest absolute Gasteiger partial charge is 0.349 e. The van der Waals surface area contributed by atoms with Crippen LogP contribution in [0.4, 0.5) is 0 Å². The zero-order valence-electron chi connectivity index (χ0n) is 14.3. The lowest BCUT2D eigenvalue weighted by Gasteiger charge is -2.21. The van der Waals surface area contributed by atoms with Crippen LogP contribution in [-0.4, -0.2) is 35.8 Å². The highest BCUT2D eigenvalue weighted by Gasteiger charge is 2.19. The maximum atomic E-state index is 12.5. The SMILES string of the molecule is CCCN(CCC)C(=O)c1ccc(C(=O)NC2CCCC2)cc1. The lowest BCUT2D eigenvalue weighted by atomic mass is 10.1. The van der Waals surface area contributed by atoms with Crippen LogP contribution in [0.3, 0.4) is 0 Å². The van der Waals surface area contributed by atoms with E-state index in [1.54, 1.807) is 24.3 Å². The summed E-state index contributed by atoms with van der Waals surface area (Å²) >= 11 is 0. The monoisotopic (exact) mass is 316 g/mol. The molecule has 1 saturated carbocycles. The van der Waals surface area contributed by atoms with E-state index in [1.165, 1.54) is 12.8 Å². The molecule has 2 amide bonds. The van der Waals surface area contributed by atoms with E-state index < -0.39 is 0 Å². The molecule has 0 bridgehead atoms. The second-order valence-corrected chi connectivity index (χ2v) is 6.32. The number of rotatable bonds is 7. The molecule has 23 heavy (non-hydrogen) atoms. The second kappa shape index (κ2) is 8.70. The molecule has 0 heterocycles. The summed E-state index contributed by atoms with van der Waals surface area (Å²) in [7, 11) is 0. The van der Waals surface area contributed by atoms with Gasteiger partial charge in [0.25, 0.3) is 11.8 Å². The van der Waals surface area contributed by atoms with E-state index in [2.05, 4.69) is 19.2 Å². The van der Waals surface area contributed by atoms with Crippen molar-refractivity contribution in [2.75, 3.05) is 13.1 Å². The van der Waals surface area contributed by atoms with Crippen molar-refractivity contribution in [3.63, 3.8) is 0 Å². The Hall–Kier alpha value is -1.84. The van der Waals surface area contributed by atoms with Gasteiger partial charge in [-0.25, -0.2) is 0 Å². The standard InChI is InChI=1S/C19H28N2O2/c1-3-13-21(14-4-2)19(23)16-11-9-15(10-12-16)18(22)20-17-7-5-6-8-17/h9-12,17H,3-8,13-14H2,1-2H3,(H,20,22). The third kappa shape index (κ3) is 4.81. The number of nitrogens with zero attached hydrogens (tertiary/aromatic N) is 1. The molecule has 1 aromatic carbocycles. The van der Waals surface area contributed by atoms with Gasteiger partial charge in [0.15, 0.2) is 0 Å². The van der Waals surface area contributed by atoms with Crippen LogP contribution in [0.15, 0.2) is 24.3 Å². The molecule has 1 aromatic rings. The summed E-state index contributed by atoms with van der Waals surface area (Å²) in [5, 5.41) is 3.07. The van der Waals surface area contributed by atoms with Crippen LogP contribution in [-0.2, 0) is 0 Å².